The molecule has 0 radical (unpaired) electrons. The molecule has 0 aliphatic heterocycles. The first kappa shape index (κ1) is 43.5. The molecule has 3 rings (SSSR count). The van der Waals surface area contributed by atoms with Gasteiger partial charge in [0.15, 0.2) is 24.4 Å². The van der Waals surface area contributed by atoms with E-state index in [-0.39, 0.29) is 44.4 Å². The second kappa shape index (κ2) is 18.5. The van der Waals surface area contributed by atoms with Crippen molar-refractivity contribution in [1.29, 1.82) is 0 Å². The molecule has 21 heteroatoms. The smallest absolute Gasteiger partial charge is 0.450 e. The summed E-state index contributed by atoms with van der Waals surface area (Å²) in [4.78, 5) is 54.1. The van der Waals surface area contributed by atoms with Gasteiger partial charge in [-0.3, -0.25) is 9.69 Å². The van der Waals surface area contributed by atoms with Gasteiger partial charge in [-0.15, -0.1) is 0 Å². The maximum Gasteiger partial charge on any atom is 0.450 e. The van der Waals surface area contributed by atoms with E-state index < -0.39 is 71.2 Å². The molecule has 0 bridgehead atoms. The lowest BCUT2D eigenvalue weighted by molar-refractivity contribution is -0.165. The number of fused-ring (bicyclic) bond motifs is 1. The third kappa shape index (κ3) is 11.3. The molecular formula is C29H30Cl2F3NO15. The standard InChI is InChI=1S/C21H18Cl2F3NO3.2C4H6O6/c1-3-27(4-2)10-14-16(28)8-7-13-18(29)17(12-6-5-11(22)9-15(12)23)20(21(24,25)26)30-19(13)14;2*5-1(3(7)8)2(6)4(9)10/h5-9,28H,3-4,10H2,1-2H3;2*1-2,5-6H,(H,7,8)(H,9,10). The van der Waals surface area contributed by atoms with E-state index in [1.807, 2.05) is 18.7 Å². The van der Waals surface area contributed by atoms with Crippen LogP contribution in [0.1, 0.15) is 25.2 Å². The van der Waals surface area contributed by atoms with Gasteiger partial charge < -0.3 is 50.4 Å². The Hall–Kier alpha value is -4.50. The van der Waals surface area contributed by atoms with Crippen LogP contribution in [0.5, 0.6) is 5.75 Å². The number of carboxylic acid groups (broad SMARTS) is 4. The van der Waals surface area contributed by atoms with Gasteiger partial charge >= 0.3 is 30.1 Å². The lowest BCUT2D eigenvalue weighted by Gasteiger charge is -2.20. The monoisotopic (exact) mass is 759 g/mol. The maximum atomic E-state index is 13.9. The molecule has 0 saturated carbocycles. The van der Waals surface area contributed by atoms with Gasteiger partial charge in [0, 0.05) is 17.1 Å². The fourth-order valence-electron chi connectivity index (χ4n) is 3.80. The highest BCUT2D eigenvalue weighted by molar-refractivity contribution is 6.36. The SMILES string of the molecule is CCN(CC)Cc1c(O)ccc2c(=O)c(-c3ccc(Cl)cc3Cl)c(C(F)(F)F)oc12.O=C(O)C(O)C(O)C(=O)O.O=C(O)C(O)C(O)C(=O)O. The summed E-state index contributed by atoms with van der Waals surface area (Å²) < 4.78 is 47.0. The van der Waals surface area contributed by atoms with Crippen molar-refractivity contribution >= 4 is 58.0 Å². The summed E-state index contributed by atoms with van der Waals surface area (Å²) in [6, 6.07) is 6.36. The summed E-state index contributed by atoms with van der Waals surface area (Å²) >= 11 is 11.9. The summed E-state index contributed by atoms with van der Waals surface area (Å²) in [5, 5.41) is 75.4. The van der Waals surface area contributed by atoms with Crippen LogP contribution in [-0.2, 0) is 31.9 Å². The predicted molar refractivity (Wildman–Crippen MR) is 166 cm³/mol. The second-order valence-corrected chi connectivity index (χ2v) is 10.6. The summed E-state index contributed by atoms with van der Waals surface area (Å²) in [6.45, 7) is 5.08. The number of aromatic hydroxyl groups is 1. The number of alkyl halides is 3. The zero-order chi connectivity index (χ0) is 38.8. The van der Waals surface area contributed by atoms with E-state index in [1.165, 1.54) is 30.3 Å². The lowest BCUT2D eigenvalue weighted by Crippen LogP contribution is -2.39. The fourth-order valence-corrected chi connectivity index (χ4v) is 4.31. The van der Waals surface area contributed by atoms with Crippen molar-refractivity contribution in [1.82, 2.24) is 4.90 Å². The van der Waals surface area contributed by atoms with E-state index in [4.69, 9.17) is 68.5 Å². The van der Waals surface area contributed by atoms with E-state index in [2.05, 4.69) is 0 Å². The Morgan fingerprint density at radius 1 is 0.800 bits per heavy atom. The number of aliphatic hydroxyl groups is 4. The van der Waals surface area contributed by atoms with Gasteiger partial charge in [-0.2, -0.15) is 13.2 Å². The summed E-state index contributed by atoms with van der Waals surface area (Å²) in [6.07, 6.45) is -14.0. The molecule has 4 unspecified atom stereocenters. The van der Waals surface area contributed by atoms with Crippen LogP contribution in [0.25, 0.3) is 22.1 Å². The van der Waals surface area contributed by atoms with Gasteiger partial charge in [0.1, 0.15) is 11.3 Å². The van der Waals surface area contributed by atoms with Crippen molar-refractivity contribution in [2.45, 2.75) is 51.0 Å². The Morgan fingerprint density at radius 2 is 1.24 bits per heavy atom. The first-order valence-corrected chi connectivity index (χ1v) is 14.5. The molecule has 0 amide bonds. The Labute approximate surface area is 288 Å². The molecule has 1 heterocycles. The van der Waals surface area contributed by atoms with Crippen LogP contribution in [0, 0.1) is 0 Å². The molecule has 0 saturated heterocycles. The molecule has 3 aromatic rings. The number of phenolic OH excluding ortho intramolecular Hbond substituents is 1. The number of aliphatic carboxylic acids is 4. The number of halogens is 5. The Bertz CT molecular complexity index is 1690. The maximum absolute atomic E-state index is 13.9. The average molecular weight is 760 g/mol. The van der Waals surface area contributed by atoms with Crippen LogP contribution < -0.4 is 5.43 Å². The Kier molecular flexibility index (Phi) is 16.1. The van der Waals surface area contributed by atoms with Crippen LogP contribution in [0.15, 0.2) is 39.5 Å². The van der Waals surface area contributed by atoms with Crippen molar-refractivity contribution in [3.63, 3.8) is 0 Å². The van der Waals surface area contributed by atoms with Crippen molar-refractivity contribution in [2.24, 2.45) is 0 Å². The molecule has 50 heavy (non-hydrogen) atoms. The van der Waals surface area contributed by atoms with Crippen LogP contribution in [0.4, 0.5) is 13.2 Å². The van der Waals surface area contributed by atoms with Crippen LogP contribution in [0.3, 0.4) is 0 Å². The fraction of sp³-hybridized carbons (Fsp3) is 0.345. The van der Waals surface area contributed by atoms with Crippen LogP contribution >= 0.6 is 23.2 Å². The van der Waals surface area contributed by atoms with Crippen LogP contribution in [-0.4, -0.2) is 112 Å². The first-order chi connectivity index (χ1) is 23.0. The third-order valence-electron chi connectivity index (χ3n) is 6.48. The van der Waals surface area contributed by atoms with E-state index in [0.29, 0.717) is 13.1 Å². The zero-order valence-corrected chi connectivity index (χ0v) is 27.1. The van der Waals surface area contributed by atoms with Gasteiger partial charge in [0.25, 0.3) is 0 Å². The lowest BCUT2D eigenvalue weighted by atomic mass is 10.00. The van der Waals surface area contributed by atoms with E-state index in [0.717, 1.165) is 0 Å². The number of hydrogen-bond donors (Lipinski definition) is 9. The molecule has 9 N–H and O–H groups in total. The number of benzene rings is 2. The van der Waals surface area contributed by atoms with Gasteiger partial charge in [0.05, 0.1) is 21.5 Å². The minimum Gasteiger partial charge on any atom is -0.507 e. The number of hydrogen-bond acceptors (Lipinski definition) is 12. The van der Waals surface area contributed by atoms with Gasteiger partial charge in [-0.25, -0.2) is 19.2 Å². The van der Waals surface area contributed by atoms with Crippen molar-refractivity contribution < 1.29 is 82.7 Å². The minimum absolute atomic E-state index is 0.0797. The Morgan fingerprint density at radius 3 is 1.60 bits per heavy atom. The molecular weight excluding hydrogens is 730 g/mol. The van der Waals surface area contributed by atoms with Gasteiger partial charge in [-0.05, 0) is 37.4 Å². The summed E-state index contributed by atoms with van der Waals surface area (Å²) in [7, 11) is 0. The van der Waals surface area contributed by atoms with Gasteiger partial charge in [0.2, 0.25) is 11.2 Å². The first-order valence-electron chi connectivity index (χ1n) is 13.7. The predicted octanol–water partition coefficient (Wildman–Crippen LogP) is 2.09. The molecule has 1 aromatic heterocycles. The highest BCUT2D eigenvalue weighted by Crippen LogP contribution is 2.41. The van der Waals surface area contributed by atoms with E-state index in [9.17, 15) is 42.3 Å². The van der Waals surface area contributed by atoms with Crippen LogP contribution in [0.2, 0.25) is 10.0 Å². The van der Waals surface area contributed by atoms with Crippen molar-refractivity contribution in [3.8, 4) is 16.9 Å². The second-order valence-electron chi connectivity index (χ2n) is 9.79. The Balaban J connectivity index is 0.000000512. The molecule has 0 fully saturated rings. The molecule has 16 nitrogen and oxygen atoms in total. The zero-order valence-electron chi connectivity index (χ0n) is 25.6. The van der Waals surface area contributed by atoms with E-state index in [1.54, 1.807) is 0 Å². The number of nitrogens with zero attached hydrogens (tertiary/aromatic N) is 1. The number of carboxylic acids is 4. The molecule has 4 atom stereocenters. The highest BCUT2D eigenvalue weighted by atomic mass is 35.5. The van der Waals surface area contributed by atoms with E-state index >= 15 is 0 Å². The quantitative estimate of drug-likeness (QED) is 0.135. The highest BCUT2D eigenvalue weighted by Gasteiger charge is 2.40. The molecule has 0 spiro atoms. The minimum atomic E-state index is -4.97. The topological polar surface area (TPSA) is 284 Å². The van der Waals surface area contributed by atoms with Crippen molar-refractivity contribution in [2.75, 3.05) is 13.1 Å². The number of phenols is 1. The normalized spacial score (nSPS) is 13.6. The van der Waals surface area contributed by atoms with Gasteiger partial charge in [-0.1, -0.05) is 43.1 Å². The number of rotatable bonds is 11. The summed E-state index contributed by atoms with van der Waals surface area (Å²) in [5.41, 5.74) is -1.91. The largest absolute Gasteiger partial charge is 0.507 e. The summed E-state index contributed by atoms with van der Waals surface area (Å²) in [5.74, 6) is -8.80. The molecule has 2 aromatic carbocycles. The average Bonchev–Trinajstić information content (AvgIpc) is 3.03. The third-order valence-corrected chi connectivity index (χ3v) is 7.03. The molecule has 0 aliphatic rings. The number of aliphatic hydroxyl groups excluding tert-OH is 4. The van der Waals surface area contributed by atoms with Crippen molar-refractivity contribution in [3.05, 3.63) is 61.9 Å². The molecule has 276 valence electrons. The number of carbonyl (C=O) groups is 4. The molecule has 0 aliphatic carbocycles.